The van der Waals surface area contributed by atoms with E-state index in [0.29, 0.717) is 19.4 Å². The molecule has 0 saturated carbocycles. The Bertz CT molecular complexity index is 457. The molecular formula is C11H16FNO2S. The van der Waals surface area contributed by atoms with Gasteiger partial charge in [0.05, 0.1) is 4.90 Å². The first kappa shape index (κ1) is 13.1. The molecule has 5 heteroatoms. The van der Waals surface area contributed by atoms with Crippen LogP contribution < -0.4 is 5.73 Å². The van der Waals surface area contributed by atoms with Gasteiger partial charge < -0.3 is 5.73 Å². The standard InChI is InChI=1S/C11H16FNO2S/c1-16(14,15)11-7-4-6-10(12)9(11)5-2-3-8-13/h4,6-7H,2-3,5,8,13H2,1H3. The van der Waals surface area contributed by atoms with Crippen LogP contribution in [0, 0.1) is 5.82 Å². The van der Waals surface area contributed by atoms with Gasteiger partial charge >= 0.3 is 0 Å². The first-order valence-electron chi connectivity index (χ1n) is 5.14. The Labute approximate surface area is 95.4 Å². The maximum atomic E-state index is 13.5. The third kappa shape index (κ3) is 3.28. The van der Waals surface area contributed by atoms with E-state index in [9.17, 15) is 12.8 Å². The van der Waals surface area contributed by atoms with Crippen molar-refractivity contribution in [2.45, 2.75) is 24.2 Å². The van der Waals surface area contributed by atoms with Gasteiger partial charge in [-0.25, -0.2) is 12.8 Å². The number of rotatable bonds is 5. The highest BCUT2D eigenvalue weighted by atomic mass is 32.2. The van der Waals surface area contributed by atoms with E-state index in [0.717, 1.165) is 12.7 Å². The van der Waals surface area contributed by atoms with Gasteiger partial charge in [-0.3, -0.25) is 0 Å². The molecule has 0 aromatic heterocycles. The molecule has 0 heterocycles. The summed E-state index contributed by atoms with van der Waals surface area (Å²) in [6, 6.07) is 4.14. The summed E-state index contributed by atoms with van der Waals surface area (Å²) in [7, 11) is -3.36. The molecule has 0 amide bonds. The van der Waals surface area contributed by atoms with Crippen LogP contribution in [0.3, 0.4) is 0 Å². The van der Waals surface area contributed by atoms with Crippen LogP contribution in [0.5, 0.6) is 0 Å². The Kier molecular flexibility index (Phi) is 4.44. The van der Waals surface area contributed by atoms with E-state index in [1.807, 2.05) is 0 Å². The number of halogens is 1. The summed E-state index contributed by atoms with van der Waals surface area (Å²) < 4.78 is 36.4. The molecule has 0 atom stereocenters. The molecule has 0 aliphatic rings. The molecule has 0 unspecified atom stereocenters. The van der Waals surface area contributed by atoms with Gasteiger partial charge in [0.15, 0.2) is 9.84 Å². The minimum atomic E-state index is -3.36. The molecule has 2 N–H and O–H groups in total. The fraction of sp³-hybridized carbons (Fsp3) is 0.455. The fourth-order valence-electron chi connectivity index (χ4n) is 1.57. The minimum absolute atomic E-state index is 0.0875. The van der Waals surface area contributed by atoms with Gasteiger partial charge in [-0.1, -0.05) is 6.07 Å². The second kappa shape index (κ2) is 5.41. The van der Waals surface area contributed by atoms with Crippen molar-refractivity contribution in [2.24, 2.45) is 5.73 Å². The zero-order valence-electron chi connectivity index (χ0n) is 9.24. The first-order chi connectivity index (χ1) is 7.46. The highest BCUT2D eigenvalue weighted by Crippen LogP contribution is 2.20. The van der Waals surface area contributed by atoms with Gasteiger partial charge in [0, 0.05) is 11.8 Å². The minimum Gasteiger partial charge on any atom is -0.330 e. The zero-order valence-corrected chi connectivity index (χ0v) is 10.1. The molecule has 0 radical (unpaired) electrons. The molecule has 90 valence electrons. The van der Waals surface area contributed by atoms with Gasteiger partial charge in [0.2, 0.25) is 0 Å². The van der Waals surface area contributed by atoms with Crippen LogP contribution in [0.2, 0.25) is 0 Å². The third-order valence-corrected chi connectivity index (χ3v) is 3.54. The van der Waals surface area contributed by atoms with Crippen LogP contribution in [0.1, 0.15) is 18.4 Å². The van der Waals surface area contributed by atoms with Crippen molar-refractivity contribution in [3.63, 3.8) is 0 Å². The quantitative estimate of drug-likeness (QED) is 0.800. The maximum absolute atomic E-state index is 13.5. The lowest BCUT2D eigenvalue weighted by atomic mass is 10.1. The van der Waals surface area contributed by atoms with E-state index in [1.54, 1.807) is 0 Å². The van der Waals surface area contributed by atoms with E-state index >= 15 is 0 Å². The Balaban J connectivity index is 3.05. The van der Waals surface area contributed by atoms with Crippen LogP contribution in [0.25, 0.3) is 0 Å². The molecular weight excluding hydrogens is 229 g/mol. The lowest BCUT2D eigenvalue weighted by Crippen LogP contribution is -2.06. The van der Waals surface area contributed by atoms with E-state index in [1.165, 1.54) is 18.2 Å². The normalized spacial score (nSPS) is 11.7. The number of unbranched alkanes of at least 4 members (excludes halogenated alkanes) is 1. The molecule has 16 heavy (non-hydrogen) atoms. The van der Waals surface area contributed by atoms with Crippen molar-refractivity contribution >= 4 is 9.84 Å². The second-order valence-corrected chi connectivity index (χ2v) is 5.72. The Morgan fingerprint density at radius 1 is 1.31 bits per heavy atom. The smallest absolute Gasteiger partial charge is 0.175 e. The summed E-state index contributed by atoms with van der Waals surface area (Å²) in [4.78, 5) is 0.0875. The zero-order chi connectivity index (χ0) is 12.2. The molecule has 0 aliphatic carbocycles. The third-order valence-electron chi connectivity index (χ3n) is 2.36. The molecule has 1 aromatic carbocycles. The average molecular weight is 245 g/mol. The maximum Gasteiger partial charge on any atom is 0.175 e. The molecule has 0 aliphatic heterocycles. The molecule has 1 aromatic rings. The van der Waals surface area contributed by atoms with Crippen LogP contribution in [0.4, 0.5) is 4.39 Å². The SMILES string of the molecule is CS(=O)(=O)c1cccc(F)c1CCCCN. The van der Waals surface area contributed by atoms with Crippen molar-refractivity contribution < 1.29 is 12.8 Å². The van der Waals surface area contributed by atoms with Crippen LogP contribution in [-0.4, -0.2) is 21.2 Å². The van der Waals surface area contributed by atoms with Crippen molar-refractivity contribution in [3.05, 3.63) is 29.6 Å². The molecule has 0 saturated heterocycles. The van der Waals surface area contributed by atoms with E-state index in [-0.39, 0.29) is 10.5 Å². The summed E-state index contributed by atoms with van der Waals surface area (Å²) in [6.45, 7) is 0.530. The summed E-state index contributed by atoms with van der Waals surface area (Å²) in [5.41, 5.74) is 5.62. The summed E-state index contributed by atoms with van der Waals surface area (Å²) in [6.07, 6.45) is 2.96. The number of sulfone groups is 1. The second-order valence-electron chi connectivity index (χ2n) is 3.73. The largest absolute Gasteiger partial charge is 0.330 e. The lowest BCUT2D eigenvalue weighted by molar-refractivity contribution is 0.579. The molecule has 0 spiro atoms. The highest BCUT2D eigenvalue weighted by Gasteiger charge is 2.15. The highest BCUT2D eigenvalue weighted by molar-refractivity contribution is 7.90. The summed E-state index contributed by atoms with van der Waals surface area (Å²) >= 11 is 0. The van der Waals surface area contributed by atoms with Gasteiger partial charge in [-0.05, 0) is 37.9 Å². The molecule has 3 nitrogen and oxygen atoms in total. The number of benzene rings is 1. The number of hydrogen-bond acceptors (Lipinski definition) is 3. The number of hydrogen-bond donors (Lipinski definition) is 1. The predicted molar refractivity (Wildman–Crippen MR) is 61.5 cm³/mol. The van der Waals surface area contributed by atoms with Gasteiger partial charge in [0.25, 0.3) is 0 Å². The van der Waals surface area contributed by atoms with Crippen molar-refractivity contribution in [3.8, 4) is 0 Å². The van der Waals surface area contributed by atoms with Crippen molar-refractivity contribution in [2.75, 3.05) is 12.8 Å². The monoisotopic (exact) mass is 245 g/mol. The Morgan fingerprint density at radius 3 is 2.56 bits per heavy atom. The molecule has 0 bridgehead atoms. The number of nitrogens with two attached hydrogens (primary N) is 1. The predicted octanol–water partition coefficient (Wildman–Crippen LogP) is 1.51. The Morgan fingerprint density at radius 2 is 2.00 bits per heavy atom. The van der Waals surface area contributed by atoms with Gasteiger partial charge in [-0.2, -0.15) is 0 Å². The van der Waals surface area contributed by atoms with E-state index < -0.39 is 15.7 Å². The van der Waals surface area contributed by atoms with Crippen LogP contribution >= 0.6 is 0 Å². The van der Waals surface area contributed by atoms with Crippen LogP contribution in [-0.2, 0) is 16.3 Å². The Hall–Kier alpha value is -0.940. The van der Waals surface area contributed by atoms with E-state index in [2.05, 4.69) is 0 Å². The van der Waals surface area contributed by atoms with Crippen LogP contribution in [0.15, 0.2) is 23.1 Å². The van der Waals surface area contributed by atoms with Crippen molar-refractivity contribution in [1.29, 1.82) is 0 Å². The lowest BCUT2D eigenvalue weighted by Gasteiger charge is -2.08. The van der Waals surface area contributed by atoms with Gasteiger partial charge in [-0.15, -0.1) is 0 Å². The topological polar surface area (TPSA) is 60.2 Å². The fourth-order valence-corrected chi connectivity index (χ4v) is 2.55. The summed E-state index contributed by atoms with van der Waals surface area (Å²) in [5, 5.41) is 0. The van der Waals surface area contributed by atoms with Crippen molar-refractivity contribution in [1.82, 2.24) is 0 Å². The summed E-state index contributed by atoms with van der Waals surface area (Å²) in [5.74, 6) is -0.458. The molecule has 0 fully saturated rings. The van der Waals surface area contributed by atoms with E-state index in [4.69, 9.17) is 5.73 Å². The first-order valence-corrected chi connectivity index (χ1v) is 7.03. The van der Waals surface area contributed by atoms with Gasteiger partial charge in [0.1, 0.15) is 5.82 Å². The molecule has 1 rings (SSSR count). The average Bonchev–Trinajstić information content (AvgIpc) is 2.19.